The van der Waals surface area contributed by atoms with Gasteiger partial charge < -0.3 is 33.0 Å². The Labute approximate surface area is 253 Å². The van der Waals surface area contributed by atoms with E-state index in [0.29, 0.717) is 25.4 Å². The standard InChI is InChI=1S/C27H44N9O6P/c1-18(2)36(19(3)4)43(40-12-9-28-5)42-22-20(15-34-10-13-39-14-11-34)41-26(23(22)38-8)35-17-29-21-24(35)31-27(32-25(21)37)30-16-33(6)7/h16-20,22-23,26H,9-15H2,1-4,6-8H3,(H,31,32,37)/t20-,22?,23+,26-,43?/m1/s1. The van der Waals surface area contributed by atoms with Crippen molar-refractivity contribution in [3.05, 3.63) is 28.1 Å². The molecule has 2 aliphatic heterocycles. The zero-order chi connectivity index (χ0) is 31.1. The summed E-state index contributed by atoms with van der Waals surface area (Å²) in [4.78, 5) is 36.3. The highest BCUT2D eigenvalue weighted by Gasteiger charge is 2.50. The van der Waals surface area contributed by atoms with E-state index in [4.69, 9.17) is 29.8 Å². The summed E-state index contributed by atoms with van der Waals surface area (Å²) in [5.74, 6) is 0.152. The average Bonchev–Trinajstić information content (AvgIpc) is 3.53. The van der Waals surface area contributed by atoms with Gasteiger partial charge in [-0.2, -0.15) is 4.98 Å². The molecular formula is C27H44N9O6P. The number of hydrogen-bond acceptors (Lipinski definition) is 11. The Balaban J connectivity index is 1.72. The highest BCUT2D eigenvalue weighted by atomic mass is 31.2. The van der Waals surface area contributed by atoms with Crippen LogP contribution in [0, 0.1) is 6.57 Å². The van der Waals surface area contributed by atoms with E-state index in [1.54, 1.807) is 29.2 Å². The number of ether oxygens (including phenoxy) is 3. The molecule has 4 heterocycles. The van der Waals surface area contributed by atoms with Crippen molar-refractivity contribution < 1.29 is 23.3 Å². The molecule has 2 aromatic rings. The van der Waals surface area contributed by atoms with Crippen LogP contribution in [0.15, 0.2) is 16.1 Å². The molecule has 0 bridgehead atoms. The first-order chi connectivity index (χ1) is 20.6. The number of aliphatic imine (C=N–C) groups is 1. The van der Waals surface area contributed by atoms with Crippen molar-refractivity contribution >= 4 is 32.0 Å². The fourth-order valence-corrected chi connectivity index (χ4v) is 6.98. The Morgan fingerprint density at radius 1 is 1.26 bits per heavy atom. The summed E-state index contributed by atoms with van der Waals surface area (Å²) in [5.41, 5.74) is 0.0986. The molecule has 2 saturated heterocycles. The number of rotatable bonds is 14. The van der Waals surface area contributed by atoms with Crippen LogP contribution < -0.4 is 5.56 Å². The number of methoxy groups -OCH3 is 1. The van der Waals surface area contributed by atoms with E-state index >= 15 is 0 Å². The highest BCUT2D eigenvalue weighted by molar-refractivity contribution is 7.44. The third-order valence-corrected chi connectivity index (χ3v) is 9.20. The largest absolute Gasteiger partial charge is 0.379 e. The normalized spacial score (nSPS) is 24.1. The van der Waals surface area contributed by atoms with Crippen LogP contribution in [-0.2, 0) is 23.3 Å². The number of aromatic nitrogens is 4. The van der Waals surface area contributed by atoms with Gasteiger partial charge in [0.1, 0.15) is 24.9 Å². The molecule has 5 atom stereocenters. The molecule has 0 spiro atoms. The highest BCUT2D eigenvalue weighted by Crippen LogP contribution is 2.50. The molecule has 2 aliphatic rings. The fraction of sp³-hybridized carbons (Fsp3) is 0.741. The molecule has 43 heavy (non-hydrogen) atoms. The molecule has 2 fully saturated rings. The molecule has 0 amide bonds. The topological polar surface area (TPSA) is 136 Å². The van der Waals surface area contributed by atoms with E-state index in [2.05, 4.69) is 62.1 Å². The van der Waals surface area contributed by atoms with Crippen molar-refractivity contribution in [3.63, 3.8) is 0 Å². The zero-order valence-corrected chi connectivity index (χ0v) is 26.9. The lowest BCUT2D eigenvalue weighted by atomic mass is 10.1. The maximum absolute atomic E-state index is 12.9. The molecule has 16 heteroatoms. The van der Waals surface area contributed by atoms with Gasteiger partial charge in [0.2, 0.25) is 12.5 Å². The van der Waals surface area contributed by atoms with Gasteiger partial charge in [0.05, 0.1) is 25.9 Å². The van der Waals surface area contributed by atoms with Gasteiger partial charge in [-0.15, -0.1) is 0 Å². The summed E-state index contributed by atoms with van der Waals surface area (Å²) in [6.07, 6.45) is 0.868. The Kier molecular flexibility index (Phi) is 12.0. The number of H-pyrrole nitrogens is 1. The first-order valence-electron chi connectivity index (χ1n) is 14.5. The Morgan fingerprint density at radius 3 is 2.60 bits per heavy atom. The molecule has 0 aromatic carbocycles. The number of morpholine rings is 1. The van der Waals surface area contributed by atoms with Crippen LogP contribution in [0.4, 0.5) is 5.95 Å². The van der Waals surface area contributed by atoms with E-state index in [9.17, 15) is 4.79 Å². The minimum absolute atomic E-state index is 0.130. The second-order valence-electron chi connectivity index (χ2n) is 11.2. The molecule has 0 saturated carbocycles. The van der Waals surface area contributed by atoms with Crippen molar-refractivity contribution in [1.82, 2.24) is 34.0 Å². The lowest BCUT2D eigenvalue weighted by molar-refractivity contribution is -0.0603. The SMILES string of the molecule is [C-]#[N+]CCOP(OC1[C@@H](CN2CCOCC2)O[C@@H](n2cnc3c(=O)[nH]c(N=CN(C)C)nc32)[C@H]1OC)N(C(C)C)C(C)C. The van der Waals surface area contributed by atoms with Gasteiger partial charge in [-0.05, 0) is 27.7 Å². The maximum atomic E-state index is 12.9. The van der Waals surface area contributed by atoms with Gasteiger partial charge in [0.25, 0.3) is 14.1 Å². The number of imidazole rings is 1. The summed E-state index contributed by atoms with van der Waals surface area (Å²) >= 11 is 0. The van der Waals surface area contributed by atoms with Crippen LogP contribution in [0.3, 0.4) is 0 Å². The van der Waals surface area contributed by atoms with E-state index < -0.39 is 38.6 Å². The molecule has 2 aromatic heterocycles. The minimum Gasteiger partial charge on any atom is -0.379 e. The summed E-state index contributed by atoms with van der Waals surface area (Å²) in [6.45, 7) is 19.5. The van der Waals surface area contributed by atoms with Gasteiger partial charge >= 0.3 is 0 Å². The average molecular weight is 622 g/mol. The van der Waals surface area contributed by atoms with Gasteiger partial charge in [-0.3, -0.25) is 19.2 Å². The summed E-state index contributed by atoms with van der Waals surface area (Å²) in [7, 11) is 3.70. The van der Waals surface area contributed by atoms with E-state index in [0.717, 1.165) is 13.1 Å². The van der Waals surface area contributed by atoms with Gasteiger partial charge in [0, 0.05) is 52.9 Å². The van der Waals surface area contributed by atoms with Crippen LogP contribution in [0.5, 0.6) is 0 Å². The lowest BCUT2D eigenvalue weighted by Gasteiger charge is -2.38. The maximum Gasteiger partial charge on any atom is 0.280 e. The van der Waals surface area contributed by atoms with Crippen LogP contribution in [-0.4, -0.2) is 138 Å². The van der Waals surface area contributed by atoms with Crippen LogP contribution in [0.2, 0.25) is 0 Å². The quantitative estimate of drug-likeness (QED) is 0.109. The third-order valence-electron chi connectivity index (χ3n) is 7.07. The molecule has 0 radical (unpaired) electrons. The van der Waals surface area contributed by atoms with Crippen LogP contribution in [0.1, 0.15) is 33.9 Å². The number of hydrogen-bond donors (Lipinski definition) is 1. The number of fused-ring (bicyclic) bond motifs is 1. The summed E-state index contributed by atoms with van der Waals surface area (Å²) in [6, 6.07) is 0.260. The van der Waals surface area contributed by atoms with Crippen molar-refractivity contribution in [2.24, 2.45) is 4.99 Å². The van der Waals surface area contributed by atoms with Crippen molar-refractivity contribution in [1.29, 1.82) is 0 Å². The van der Waals surface area contributed by atoms with Gasteiger partial charge in [-0.1, -0.05) is 0 Å². The molecule has 0 aliphatic carbocycles. The molecule has 1 N–H and O–H groups in total. The van der Waals surface area contributed by atoms with Crippen molar-refractivity contribution in [2.75, 3.05) is 67.2 Å². The van der Waals surface area contributed by atoms with E-state index in [1.165, 1.54) is 0 Å². The molecular weight excluding hydrogens is 577 g/mol. The second kappa shape index (κ2) is 15.5. The monoisotopic (exact) mass is 621 g/mol. The molecule has 238 valence electrons. The Bertz CT molecular complexity index is 1300. The second-order valence-corrected chi connectivity index (χ2v) is 12.6. The van der Waals surface area contributed by atoms with Crippen LogP contribution >= 0.6 is 8.53 Å². The van der Waals surface area contributed by atoms with Crippen LogP contribution in [0.25, 0.3) is 16.0 Å². The van der Waals surface area contributed by atoms with Gasteiger partial charge in [0.15, 0.2) is 17.4 Å². The minimum atomic E-state index is -1.57. The predicted molar refractivity (Wildman–Crippen MR) is 163 cm³/mol. The zero-order valence-electron chi connectivity index (χ0n) is 26.0. The number of nitrogens with zero attached hydrogens (tertiary/aromatic N) is 8. The number of nitrogens with one attached hydrogen (secondary N) is 1. The van der Waals surface area contributed by atoms with Gasteiger partial charge in [-0.25, -0.2) is 21.2 Å². The fourth-order valence-electron chi connectivity index (χ4n) is 5.22. The van der Waals surface area contributed by atoms with Crippen molar-refractivity contribution in [2.45, 2.75) is 64.3 Å². The first kappa shape index (κ1) is 33.4. The van der Waals surface area contributed by atoms with Crippen molar-refractivity contribution in [3.8, 4) is 0 Å². The van der Waals surface area contributed by atoms with E-state index in [1.807, 2.05) is 14.1 Å². The Morgan fingerprint density at radius 2 is 1.98 bits per heavy atom. The Hall–Kier alpha value is -2.54. The third kappa shape index (κ3) is 8.14. The summed E-state index contributed by atoms with van der Waals surface area (Å²) in [5, 5.41) is 0. The van der Waals surface area contributed by atoms with E-state index in [-0.39, 0.29) is 36.7 Å². The smallest absolute Gasteiger partial charge is 0.280 e. The first-order valence-corrected chi connectivity index (χ1v) is 15.6. The molecule has 4 rings (SSSR count). The molecule has 2 unspecified atom stereocenters. The predicted octanol–water partition coefficient (Wildman–Crippen LogP) is 2.25. The molecule has 15 nitrogen and oxygen atoms in total. The summed E-state index contributed by atoms with van der Waals surface area (Å²) < 4.78 is 35.4. The number of aromatic amines is 1. The lowest BCUT2D eigenvalue weighted by Crippen LogP contribution is -2.46.